The second-order valence-electron chi connectivity index (χ2n) is 6.94. The van der Waals surface area contributed by atoms with Gasteiger partial charge in [0.1, 0.15) is 0 Å². The number of anilines is 1. The zero-order valence-electron chi connectivity index (χ0n) is 16.1. The number of carbonyl (C=O) groups excluding carboxylic acids is 1. The molecular formula is C18H30Cl2N4O3S. The lowest BCUT2D eigenvalue weighted by molar-refractivity contribution is -0.120. The number of rotatable bonds is 5. The molecule has 2 N–H and O–H groups in total. The van der Waals surface area contributed by atoms with E-state index >= 15 is 0 Å². The molecule has 1 aromatic rings. The molecule has 0 aromatic heterocycles. The third-order valence-corrected chi connectivity index (χ3v) is 7.03. The highest BCUT2D eigenvalue weighted by molar-refractivity contribution is 7.89. The average Bonchev–Trinajstić information content (AvgIpc) is 2.69. The second-order valence-corrected chi connectivity index (χ2v) is 8.88. The number of carbonyl (C=O) groups is 1. The molecule has 2 fully saturated rings. The number of nitrogens with one attached hydrogen (secondary N) is 2. The summed E-state index contributed by atoms with van der Waals surface area (Å²) >= 11 is 0. The molecule has 0 aliphatic carbocycles. The zero-order chi connectivity index (χ0) is 18.6. The maximum Gasteiger partial charge on any atom is 0.243 e. The van der Waals surface area contributed by atoms with Crippen molar-refractivity contribution in [2.24, 2.45) is 0 Å². The first kappa shape index (κ1) is 25.1. The van der Waals surface area contributed by atoms with Gasteiger partial charge in [-0.3, -0.25) is 9.69 Å². The van der Waals surface area contributed by atoms with Crippen molar-refractivity contribution in [1.82, 2.24) is 14.5 Å². The molecule has 7 nitrogen and oxygen atoms in total. The van der Waals surface area contributed by atoms with Gasteiger partial charge in [0.2, 0.25) is 15.9 Å². The number of amides is 1. The first-order chi connectivity index (χ1) is 12.5. The zero-order valence-corrected chi connectivity index (χ0v) is 18.5. The predicted molar refractivity (Wildman–Crippen MR) is 116 cm³/mol. The Morgan fingerprint density at radius 3 is 2.36 bits per heavy atom. The summed E-state index contributed by atoms with van der Waals surface area (Å²) in [5.41, 5.74) is 0.523. The average molecular weight is 453 g/mol. The standard InChI is InChI=1S/C18H28N4O3S.2ClH/c1-15(21-12-8-19-9-13-21)18(23)20-16-6-5-7-17(14-16)26(24,25)22-10-3-2-4-11-22;;/h5-7,14-15,19H,2-4,8-13H2,1H3,(H,20,23);2*1H. The Kier molecular flexibility index (Phi) is 10.2. The minimum Gasteiger partial charge on any atom is -0.325 e. The van der Waals surface area contributed by atoms with E-state index in [4.69, 9.17) is 0 Å². The molecule has 0 saturated carbocycles. The topological polar surface area (TPSA) is 81.8 Å². The molecule has 28 heavy (non-hydrogen) atoms. The molecule has 1 amide bonds. The SMILES string of the molecule is CC(C(=O)Nc1cccc(S(=O)(=O)N2CCCCC2)c1)N1CCNCC1.Cl.Cl. The summed E-state index contributed by atoms with van der Waals surface area (Å²) in [6.45, 7) is 6.44. The number of piperidine rings is 1. The van der Waals surface area contributed by atoms with E-state index in [1.54, 1.807) is 28.6 Å². The van der Waals surface area contributed by atoms with Crippen molar-refractivity contribution in [3.63, 3.8) is 0 Å². The molecule has 2 saturated heterocycles. The van der Waals surface area contributed by atoms with Crippen LogP contribution in [0.25, 0.3) is 0 Å². The highest BCUT2D eigenvalue weighted by Gasteiger charge is 2.27. The van der Waals surface area contributed by atoms with Gasteiger partial charge in [-0.05, 0) is 38.0 Å². The predicted octanol–water partition coefficient (Wildman–Crippen LogP) is 1.94. The summed E-state index contributed by atoms with van der Waals surface area (Å²) in [5, 5.41) is 6.14. The second kappa shape index (κ2) is 11.3. The Bertz CT molecular complexity index is 736. The van der Waals surface area contributed by atoms with Crippen LogP contribution >= 0.6 is 24.8 Å². The first-order valence-electron chi connectivity index (χ1n) is 9.34. The van der Waals surface area contributed by atoms with E-state index in [9.17, 15) is 13.2 Å². The fourth-order valence-corrected chi connectivity index (χ4v) is 5.03. The van der Waals surface area contributed by atoms with E-state index in [-0.39, 0.29) is 41.7 Å². The molecular weight excluding hydrogens is 423 g/mol. The van der Waals surface area contributed by atoms with Gasteiger partial charge in [-0.2, -0.15) is 4.31 Å². The van der Waals surface area contributed by atoms with Gasteiger partial charge in [0.25, 0.3) is 0 Å². The highest BCUT2D eigenvalue weighted by atomic mass is 35.5. The van der Waals surface area contributed by atoms with Crippen LogP contribution in [0.1, 0.15) is 26.2 Å². The summed E-state index contributed by atoms with van der Waals surface area (Å²) in [7, 11) is -3.50. The van der Waals surface area contributed by atoms with E-state index in [1.807, 2.05) is 6.92 Å². The Labute approximate surface area is 180 Å². The first-order valence-corrected chi connectivity index (χ1v) is 10.8. The number of piperazine rings is 1. The fraction of sp³-hybridized carbons (Fsp3) is 0.611. The molecule has 160 valence electrons. The summed E-state index contributed by atoms with van der Waals surface area (Å²) in [6.07, 6.45) is 2.88. The van der Waals surface area contributed by atoms with Gasteiger partial charge in [-0.1, -0.05) is 12.5 Å². The van der Waals surface area contributed by atoms with Crippen LogP contribution in [0.3, 0.4) is 0 Å². The summed E-state index contributed by atoms with van der Waals surface area (Å²) in [6, 6.07) is 6.32. The van der Waals surface area contributed by atoms with Crippen molar-refractivity contribution in [3.05, 3.63) is 24.3 Å². The van der Waals surface area contributed by atoms with Crippen molar-refractivity contribution in [2.45, 2.75) is 37.1 Å². The van der Waals surface area contributed by atoms with Gasteiger partial charge in [0.05, 0.1) is 10.9 Å². The smallest absolute Gasteiger partial charge is 0.243 e. The molecule has 2 aliphatic heterocycles. The number of hydrogen-bond donors (Lipinski definition) is 2. The Morgan fingerprint density at radius 1 is 1.07 bits per heavy atom. The summed E-state index contributed by atoms with van der Waals surface area (Å²) in [4.78, 5) is 14.9. The number of hydrogen-bond acceptors (Lipinski definition) is 5. The lowest BCUT2D eigenvalue weighted by Gasteiger charge is -2.31. The Hall–Kier alpha value is -0.900. The Morgan fingerprint density at radius 2 is 1.71 bits per heavy atom. The third-order valence-electron chi connectivity index (χ3n) is 5.13. The molecule has 0 radical (unpaired) electrons. The van der Waals surface area contributed by atoms with E-state index in [0.717, 1.165) is 45.4 Å². The molecule has 2 heterocycles. The molecule has 1 atom stereocenters. The van der Waals surface area contributed by atoms with Gasteiger partial charge in [0, 0.05) is 45.0 Å². The molecule has 1 aromatic carbocycles. The molecule has 0 bridgehead atoms. The van der Waals surface area contributed by atoms with Crippen molar-refractivity contribution >= 4 is 46.4 Å². The quantitative estimate of drug-likeness (QED) is 0.712. The van der Waals surface area contributed by atoms with Crippen molar-refractivity contribution in [1.29, 1.82) is 0 Å². The summed E-state index contributed by atoms with van der Waals surface area (Å²) < 4.78 is 27.2. The third kappa shape index (κ3) is 6.05. The number of benzene rings is 1. The van der Waals surface area contributed by atoms with Crippen LogP contribution in [0.15, 0.2) is 29.2 Å². The van der Waals surface area contributed by atoms with Crippen LogP contribution < -0.4 is 10.6 Å². The van der Waals surface area contributed by atoms with Crippen LogP contribution in [0.4, 0.5) is 5.69 Å². The minimum atomic E-state index is -3.50. The summed E-state index contributed by atoms with van der Waals surface area (Å²) in [5.74, 6) is -0.112. The van der Waals surface area contributed by atoms with Crippen LogP contribution in [-0.4, -0.2) is 68.8 Å². The van der Waals surface area contributed by atoms with E-state index in [1.165, 1.54) is 0 Å². The van der Waals surface area contributed by atoms with Crippen molar-refractivity contribution < 1.29 is 13.2 Å². The van der Waals surface area contributed by atoms with Gasteiger partial charge >= 0.3 is 0 Å². The molecule has 3 rings (SSSR count). The van der Waals surface area contributed by atoms with Crippen molar-refractivity contribution in [3.8, 4) is 0 Å². The maximum absolute atomic E-state index is 12.8. The normalized spacial score (nSPS) is 19.8. The van der Waals surface area contributed by atoms with Crippen LogP contribution in [0.2, 0.25) is 0 Å². The molecule has 10 heteroatoms. The van der Waals surface area contributed by atoms with Crippen molar-refractivity contribution in [2.75, 3.05) is 44.6 Å². The number of halogens is 2. The molecule has 0 spiro atoms. The molecule has 2 aliphatic rings. The maximum atomic E-state index is 12.8. The van der Waals surface area contributed by atoms with Gasteiger partial charge in [0.15, 0.2) is 0 Å². The van der Waals surface area contributed by atoms with E-state index in [2.05, 4.69) is 15.5 Å². The largest absolute Gasteiger partial charge is 0.325 e. The highest BCUT2D eigenvalue weighted by Crippen LogP contribution is 2.23. The number of nitrogens with zero attached hydrogens (tertiary/aromatic N) is 2. The molecule has 1 unspecified atom stereocenters. The van der Waals surface area contributed by atoms with Gasteiger partial charge in [-0.25, -0.2) is 8.42 Å². The number of sulfonamides is 1. The minimum absolute atomic E-state index is 0. The van der Waals surface area contributed by atoms with Crippen LogP contribution in [0.5, 0.6) is 0 Å². The van der Waals surface area contributed by atoms with Crippen LogP contribution in [0, 0.1) is 0 Å². The lowest BCUT2D eigenvalue weighted by atomic mass is 10.2. The van der Waals surface area contributed by atoms with Gasteiger partial charge in [-0.15, -0.1) is 24.8 Å². The van der Waals surface area contributed by atoms with E-state index in [0.29, 0.717) is 18.8 Å². The fourth-order valence-electron chi connectivity index (χ4n) is 3.47. The monoisotopic (exact) mass is 452 g/mol. The van der Waals surface area contributed by atoms with Crippen LogP contribution in [-0.2, 0) is 14.8 Å². The lowest BCUT2D eigenvalue weighted by Crippen LogP contribution is -2.51. The Balaban J connectivity index is 0.00000196. The van der Waals surface area contributed by atoms with E-state index < -0.39 is 10.0 Å². The van der Waals surface area contributed by atoms with Gasteiger partial charge < -0.3 is 10.6 Å².